The third kappa shape index (κ3) is 2.28. The van der Waals surface area contributed by atoms with Crippen LogP contribution in [0.2, 0.25) is 0 Å². The summed E-state index contributed by atoms with van der Waals surface area (Å²) in [7, 11) is 0. The fourth-order valence-corrected chi connectivity index (χ4v) is 1.71. The highest BCUT2D eigenvalue weighted by molar-refractivity contribution is 5.56. The molecule has 0 saturated heterocycles. The molecule has 0 fully saturated rings. The lowest BCUT2D eigenvalue weighted by atomic mass is 10.0. The predicted molar refractivity (Wildman–Crippen MR) is 65.7 cm³/mol. The Morgan fingerprint density at radius 3 is 1.89 bits per heavy atom. The summed E-state index contributed by atoms with van der Waals surface area (Å²) in [4.78, 5) is 0. The van der Waals surface area contributed by atoms with E-state index < -0.39 is 28.7 Å². The van der Waals surface area contributed by atoms with Crippen LogP contribution in [0.4, 0.5) is 0 Å². The number of hydrogen-bond acceptors (Lipinski definition) is 6. The summed E-state index contributed by atoms with van der Waals surface area (Å²) >= 11 is 0. The molecule has 0 aliphatic rings. The Morgan fingerprint density at radius 1 is 0.579 bits per heavy atom. The van der Waals surface area contributed by atoms with Crippen LogP contribution in [0.1, 0.15) is 11.1 Å². The minimum Gasteiger partial charge on any atom is -0.508 e. The molecule has 0 aliphatic heterocycles. The zero-order valence-electron chi connectivity index (χ0n) is 9.70. The third-order valence-electron chi connectivity index (χ3n) is 2.77. The molecule has 0 atom stereocenters. The largest absolute Gasteiger partial charge is 0.508 e. The first-order chi connectivity index (χ1) is 8.90. The van der Waals surface area contributed by atoms with E-state index in [0.29, 0.717) is 0 Å². The van der Waals surface area contributed by atoms with Gasteiger partial charge in [0.15, 0.2) is 23.0 Å². The van der Waals surface area contributed by atoms with Crippen molar-refractivity contribution in [2.75, 3.05) is 0 Å². The molecular weight excluding hydrogens is 252 g/mol. The Morgan fingerprint density at radius 2 is 1.21 bits per heavy atom. The topological polar surface area (TPSA) is 121 Å². The summed E-state index contributed by atoms with van der Waals surface area (Å²) in [5.41, 5.74) is 0.492. The van der Waals surface area contributed by atoms with E-state index in [0.717, 1.165) is 12.1 Å². The quantitative estimate of drug-likeness (QED) is 0.361. The molecule has 0 saturated carbocycles. The van der Waals surface area contributed by atoms with Crippen LogP contribution in [0.25, 0.3) is 0 Å². The second kappa shape index (κ2) is 4.49. The Hall–Kier alpha value is -2.76. The van der Waals surface area contributed by atoms with Crippen molar-refractivity contribution < 1.29 is 30.6 Å². The van der Waals surface area contributed by atoms with E-state index in [1.165, 1.54) is 12.1 Å². The van der Waals surface area contributed by atoms with Gasteiger partial charge in [-0.1, -0.05) is 6.07 Å². The molecule has 19 heavy (non-hydrogen) atoms. The molecule has 0 unspecified atom stereocenters. The van der Waals surface area contributed by atoms with Crippen LogP contribution in [0.5, 0.6) is 34.5 Å². The van der Waals surface area contributed by atoms with Crippen molar-refractivity contribution in [1.29, 1.82) is 0 Å². The average Bonchev–Trinajstić information content (AvgIpc) is 2.36. The highest BCUT2D eigenvalue weighted by atomic mass is 16.3. The summed E-state index contributed by atoms with van der Waals surface area (Å²) in [5, 5.41) is 56.4. The highest BCUT2D eigenvalue weighted by Gasteiger charge is 2.14. The number of hydrogen-bond donors (Lipinski definition) is 6. The average molecular weight is 264 g/mol. The van der Waals surface area contributed by atoms with Gasteiger partial charge in [-0.3, -0.25) is 0 Å². The second-order valence-electron chi connectivity index (χ2n) is 4.09. The van der Waals surface area contributed by atoms with Crippen LogP contribution in [-0.4, -0.2) is 30.6 Å². The number of phenolic OH excluding ortho intramolecular Hbond substituents is 6. The van der Waals surface area contributed by atoms with E-state index in [1.807, 2.05) is 0 Å². The van der Waals surface area contributed by atoms with Crippen molar-refractivity contribution >= 4 is 0 Å². The SMILES string of the molecule is Oc1cc(O)c(Cc2ccc(O)c(O)c2O)cc1O. The molecular formula is C13H12O6. The number of phenols is 6. The van der Waals surface area contributed by atoms with Gasteiger partial charge < -0.3 is 30.6 Å². The van der Waals surface area contributed by atoms with E-state index in [9.17, 15) is 30.6 Å². The highest BCUT2D eigenvalue weighted by Crippen LogP contribution is 2.40. The Bertz CT molecular complexity index is 636. The zero-order valence-corrected chi connectivity index (χ0v) is 9.70. The lowest BCUT2D eigenvalue weighted by Crippen LogP contribution is -1.90. The second-order valence-corrected chi connectivity index (χ2v) is 4.09. The van der Waals surface area contributed by atoms with Gasteiger partial charge in [0.25, 0.3) is 0 Å². The van der Waals surface area contributed by atoms with Crippen LogP contribution < -0.4 is 0 Å². The Labute approximate surface area is 108 Å². The van der Waals surface area contributed by atoms with E-state index in [1.54, 1.807) is 0 Å². The first-order valence-electron chi connectivity index (χ1n) is 5.36. The fourth-order valence-electron chi connectivity index (χ4n) is 1.71. The molecule has 2 aromatic carbocycles. The van der Waals surface area contributed by atoms with Gasteiger partial charge in [0.1, 0.15) is 5.75 Å². The van der Waals surface area contributed by atoms with Crippen molar-refractivity contribution in [3.63, 3.8) is 0 Å². The van der Waals surface area contributed by atoms with Gasteiger partial charge in [0.2, 0.25) is 5.75 Å². The molecule has 6 N–H and O–H groups in total. The summed E-state index contributed by atoms with van der Waals surface area (Å²) in [6.07, 6.45) is -0.000648. The standard InChI is InChI=1S/C13H12O6/c14-8-2-1-6(12(18)13(8)19)3-7-4-10(16)11(17)5-9(7)15/h1-2,4-5,14-19H,3H2. The minimum atomic E-state index is -0.653. The molecule has 0 radical (unpaired) electrons. The molecule has 2 aromatic rings. The fraction of sp³-hybridized carbons (Fsp3) is 0.0769. The van der Waals surface area contributed by atoms with Crippen molar-refractivity contribution in [3.05, 3.63) is 35.4 Å². The maximum atomic E-state index is 9.65. The molecule has 100 valence electrons. The van der Waals surface area contributed by atoms with Crippen LogP contribution in [-0.2, 0) is 6.42 Å². The molecule has 0 aromatic heterocycles. The molecule has 0 heterocycles. The molecule has 0 bridgehead atoms. The lowest BCUT2D eigenvalue weighted by molar-refractivity contribution is 0.365. The van der Waals surface area contributed by atoms with Crippen molar-refractivity contribution in [3.8, 4) is 34.5 Å². The van der Waals surface area contributed by atoms with Crippen LogP contribution in [0.15, 0.2) is 24.3 Å². The summed E-state index contributed by atoms with van der Waals surface area (Å²) in [6.45, 7) is 0. The number of rotatable bonds is 2. The van der Waals surface area contributed by atoms with E-state index >= 15 is 0 Å². The van der Waals surface area contributed by atoms with Gasteiger partial charge in [-0.15, -0.1) is 0 Å². The van der Waals surface area contributed by atoms with Gasteiger partial charge in [-0.05, 0) is 12.1 Å². The maximum absolute atomic E-state index is 9.65. The Balaban J connectivity index is 2.42. The van der Waals surface area contributed by atoms with Crippen LogP contribution in [0.3, 0.4) is 0 Å². The van der Waals surface area contributed by atoms with Crippen molar-refractivity contribution in [2.45, 2.75) is 6.42 Å². The lowest BCUT2D eigenvalue weighted by Gasteiger charge is -2.10. The summed E-state index contributed by atoms with van der Waals surface area (Å²) in [5.74, 6) is -2.75. The zero-order chi connectivity index (χ0) is 14.2. The first kappa shape index (κ1) is 12.7. The van der Waals surface area contributed by atoms with Gasteiger partial charge in [-0.2, -0.15) is 0 Å². The van der Waals surface area contributed by atoms with Crippen molar-refractivity contribution in [1.82, 2.24) is 0 Å². The molecule has 6 heteroatoms. The molecule has 0 spiro atoms. The molecule has 0 amide bonds. The van der Waals surface area contributed by atoms with E-state index in [2.05, 4.69) is 0 Å². The molecule has 2 rings (SSSR count). The van der Waals surface area contributed by atoms with E-state index in [-0.39, 0.29) is 23.3 Å². The minimum absolute atomic E-state index is 0.000648. The number of aromatic hydroxyl groups is 6. The van der Waals surface area contributed by atoms with Gasteiger partial charge in [0.05, 0.1) is 0 Å². The summed E-state index contributed by atoms with van der Waals surface area (Å²) in [6, 6.07) is 4.69. The monoisotopic (exact) mass is 264 g/mol. The molecule has 0 aliphatic carbocycles. The van der Waals surface area contributed by atoms with Gasteiger partial charge >= 0.3 is 0 Å². The maximum Gasteiger partial charge on any atom is 0.200 e. The predicted octanol–water partition coefficient (Wildman–Crippen LogP) is 1.51. The normalized spacial score (nSPS) is 10.5. The number of benzene rings is 2. The van der Waals surface area contributed by atoms with E-state index in [4.69, 9.17) is 0 Å². The van der Waals surface area contributed by atoms with Gasteiger partial charge in [0, 0.05) is 23.6 Å². The van der Waals surface area contributed by atoms with Crippen molar-refractivity contribution in [2.24, 2.45) is 0 Å². The molecule has 6 nitrogen and oxygen atoms in total. The van der Waals surface area contributed by atoms with Crippen LogP contribution >= 0.6 is 0 Å². The van der Waals surface area contributed by atoms with Gasteiger partial charge in [-0.25, -0.2) is 0 Å². The Kier molecular flexibility index (Phi) is 3.00. The smallest absolute Gasteiger partial charge is 0.200 e. The summed E-state index contributed by atoms with van der Waals surface area (Å²) < 4.78 is 0. The third-order valence-corrected chi connectivity index (χ3v) is 2.77. The van der Waals surface area contributed by atoms with Crippen LogP contribution in [0, 0.1) is 0 Å². The first-order valence-corrected chi connectivity index (χ1v) is 5.36.